The van der Waals surface area contributed by atoms with E-state index in [0.29, 0.717) is 18.7 Å². The highest BCUT2D eigenvalue weighted by Crippen LogP contribution is 2.32. The molecule has 2 aromatic carbocycles. The Morgan fingerprint density at radius 3 is 2.44 bits per heavy atom. The number of carbonyl (C=O) groups excluding carboxylic acids is 1. The molecule has 0 saturated carbocycles. The summed E-state index contributed by atoms with van der Waals surface area (Å²) < 4.78 is 23.7. The fourth-order valence-electron chi connectivity index (χ4n) is 3.18. The van der Waals surface area contributed by atoms with Gasteiger partial charge >= 0.3 is 0 Å². The molecule has 0 atom stereocenters. The number of hydrogen-bond donors (Lipinski definition) is 0. The second kappa shape index (κ2) is 6.72. The SMILES string of the molecule is O=C(c1ccc(F)cc1)N1CCN(Cc2ccc3c(c2)OCO3)CC1. The topological polar surface area (TPSA) is 42.0 Å². The molecule has 1 fully saturated rings. The molecule has 0 radical (unpaired) electrons. The monoisotopic (exact) mass is 342 g/mol. The Balaban J connectivity index is 1.33. The predicted octanol–water partition coefficient (Wildman–Crippen LogP) is 2.51. The lowest BCUT2D eigenvalue weighted by Crippen LogP contribution is -2.48. The van der Waals surface area contributed by atoms with Crippen LogP contribution in [0.3, 0.4) is 0 Å². The van der Waals surface area contributed by atoms with Crippen LogP contribution in [-0.4, -0.2) is 48.7 Å². The molecule has 5 nitrogen and oxygen atoms in total. The Morgan fingerprint density at radius 2 is 1.68 bits per heavy atom. The zero-order chi connectivity index (χ0) is 17.2. The first-order valence-corrected chi connectivity index (χ1v) is 8.35. The van der Waals surface area contributed by atoms with Crippen LogP contribution in [0.2, 0.25) is 0 Å². The molecule has 1 saturated heterocycles. The van der Waals surface area contributed by atoms with Crippen LogP contribution < -0.4 is 9.47 Å². The standard InChI is InChI=1S/C19H19FN2O3/c20-16-4-2-15(3-5-16)19(23)22-9-7-21(8-10-22)12-14-1-6-17-18(11-14)25-13-24-17/h1-6,11H,7-10,12-13H2. The third-order valence-electron chi connectivity index (χ3n) is 4.59. The minimum Gasteiger partial charge on any atom is -0.454 e. The van der Waals surface area contributed by atoms with E-state index in [1.807, 2.05) is 23.1 Å². The molecule has 2 heterocycles. The van der Waals surface area contributed by atoms with Gasteiger partial charge in [-0.2, -0.15) is 0 Å². The highest BCUT2D eigenvalue weighted by atomic mass is 19.1. The van der Waals surface area contributed by atoms with Crippen molar-refractivity contribution in [3.8, 4) is 11.5 Å². The van der Waals surface area contributed by atoms with Crippen LogP contribution >= 0.6 is 0 Å². The Morgan fingerprint density at radius 1 is 0.960 bits per heavy atom. The number of halogens is 1. The molecule has 0 bridgehead atoms. The van der Waals surface area contributed by atoms with Gasteiger partial charge in [0.25, 0.3) is 5.91 Å². The quantitative estimate of drug-likeness (QED) is 0.860. The third-order valence-corrected chi connectivity index (χ3v) is 4.59. The van der Waals surface area contributed by atoms with E-state index >= 15 is 0 Å². The summed E-state index contributed by atoms with van der Waals surface area (Å²) >= 11 is 0. The smallest absolute Gasteiger partial charge is 0.253 e. The van der Waals surface area contributed by atoms with E-state index < -0.39 is 0 Å². The third kappa shape index (κ3) is 3.44. The van der Waals surface area contributed by atoms with Gasteiger partial charge in [0.2, 0.25) is 6.79 Å². The van der Waals surface area contributed by atoms with E-state index in [2.05, 4.69) is 4.90 Å². The van der Waals surface area contributed by atoms with E-state index in [1.165, 1.54) is 29.8 Å². The molecule has 6 heteroatoms. The van der Waals surface area contributed by atoms with Crippen molar-refractivity contribution in [2.24, 2.45) is 0 Å². The van der Waals surface area contributed by atoms with Gasteiger partial charge in [0, 0.05) is 38.3 Å². The number of carbonyl (C=O) groups is 1. The molecule has 4 rings (SSSR count). The van der Waals surface area contributed by atoms with Crippen LogP contribution in [0, 0.1) is 5.82 Å². The number of ether oxygens (including phenoxy) is 2. The molecule has 25 heavy (non-hydrogen) atoms. The number of nitrogens with zero attached hydrogens (tertiary/aromatic N) is 2. The number of fused-ring (bicyclic) bond motifs is 1. The minimum atomic E-state index is -0.329. The fourth-order valence-corrected chi connectivity index (χ4v) is 3.18. The van der Waals surface area contributed by atoms with E-state index in [-0.39, 0.29) is 18.5 Å². The molecule has 0 unspecified atom stereocenters. The minimum absolute atomic E-state index is 0.0391. The molecule has 2 aromatic rings. The van der Waals surface area contributed by atoms with Gasteiger partial charge in [0.1, 0.15) is 5.82 Å². The molecular formula is C19H19FN2O3. The van der Waals surface area contributed by atoms with E-state index in [4.69, 9.17) is 9.47 Å². The number of rotatable bonds is 3. The van der Waals surface area contributed by atoms with Gasteiger partial charge in [-0.1, -0.05) is 6.07 Å². The summed E-state index contributed by atoms with van der Waals surface area (Å²) in [5.74, 6) is 1.22. The molecule has 0 spiro atoms. The summed E-state index contributed by atoms with van der Waals surface area (Å²) in [6, 6.07) is 11.7. The molecule has 0 N–H and O–H groups in total. The summed E-state index contributed by atoms with van der Waals surface area (Å²) in [4.78, 5) is 16.6. The second-order valence-electron chi connectivity index (χ2n) is 6.26. The van der Waals surface area contributed by atoms with Crippen molar-refractivity contribution in [2.75, 3.05) is 33.0 Å². The molecular weight excluding hydrogens is 323 g/mol. The summed E-state index contributed by atoms with van der Waals surface area (Å²) in [6.07, 6.45) is 0. The summed E-state index contributed by atoms with van der Waals surface area (Å²) in [6.45, 7) is 4.04. The molecule has 130 valence electrons. The Kier molecular flexibility index (Phi) is 4.28. The maximum absolute atomic E-state index is 13.0. The maximum atomic E-state index is 13.0. The predicted molar refractivity (Wildman–Crippen MR) is 90.1 cm³/mol. The van der Waals surface area contributed by atoms with E-state index in [1.54, 1.807) is 0 Å². The molecule has 2 aliphatic rings. The van der Waals surface area contributed by atoms with E-state index in [0.717, 1.165) is 31.1 Å². The Hall–Kier alpha value is -2.60. The zero-order valence-electron chi connectivity index (χ0n) is 13.8. The largest absolute Gasteiger partial charge is 0.454 e. The first-order valence-electron chi connectivity index (χ1n) is 8.35. The lowest BCUT2D eigenvalue weighted by Gasteiger charge is -2.34. The highest BCUT2D eigenvalue weighted by Gasteiger charge is 2.22. The normalized spacial score (nSPS) is 16.9. The van der Waals surface area contributed by atoms with Crippen LogP contribution in [0.1, 0.15) is 15.9 Å². The Labute approximate surface area is 145 Å². The van der Waals surface area contributed by atoms with Crippen LogP contribution in [0.4, 0.5) is 4.39 Å². The van der Waals surface area contributed by atoms with Crippen molar-refractivity contribution in [3.05, 3.63) is 59.4 Å². The number of piperazine rings is 1. The average Bonchev–Trinajstić information content (AvgIpc) is 3.10. The van der Waals surface area contributed by atoms with Crippen LogP contribution in [0.15, 0.2) is 42.5 Å². The first kappa shape index (κ1) is 15.9. The highest BCUT2D eigenvalue weighted by molar-refractivity contribution is 5.94. The lowest BCUT2D eigenvalue weighted by atomic mass is 10.1. The van der Waals surface area contributed by atoms with Gasteiger partial charge in [0.15, 0.2) is 11.5 Å². The molecule has 1 amide bonds. The average molecular weight is 342 g/mol. The van der Waals surface area contributed by atoms with Gasteiger partial charge in [-0.25, -0.2) is 4.39 Å². The van der Waals surface area contributed by atoms with Crippen molar-refractivity contribution in [2.45, 2.75) is 6.54 Å². The number of hydrogen-bond acceptors (Lipinski definition) is 4. The van der Waals surface area contributed by atoms with Crippen molar-refractivity contribution >= 4 is 5.91 Å². The summed E-state index contributed by atoms with van der Waals surface area (Å²) in [5, 5.41) is 0. The van der Waals surface area contributed by atoms with Gasteiger partial charge < -0.3 is 14.4 Å². The summed E-state index contributed by atoms with van der Waals surface area (Å²) in [7, 11) is 0. The molecule has 0 aromatic heterocycles. The van der Waals surface area contributed by atoms with Gasteiger partial charge in [-0.15, -0.1) is 0 Å². The van der Waals surface area contributed by atoms with Gasteiger partial charge in [-0.3, -0.25) is 9.69 Å². The molecule has 0 aliphatic carbocycles. The maximum Gasteiger partial charge on any atom is 0.253 e. The second-order valence-corrected chi connectivity index (χ2v) is 6.26. The van der Waals surface area contributed by atoms with Crippen LogP contribution in [-0.2, 0) is 6.54 Å². The fraction of sp³-hybridized carbons (Fsp3) is 0.316. The van der Waals surface area contributed by atoms with Crippen molar-refractivity contribution in [1.29, 1.82) is 0 Å². The number of benzene rings is 2. The Bertz CT molecular complexity index is 771. The molecule has 2 aliphatic heterocycles. The van der Waals surface area contributed by atoms with Crippen molar-refractivity contribution in [3.63, 3.8) is 0 Å². The van der Waals surface area contributed by atoms with Gasteiger partial charge in [0.05, 0.1) is 0 Å². The summed E-state index contributed by atoms with van der Waals surface area (Å²) in [5.41, 5.74) is 1.70. The number of amides is 1. The van der Waals surface area contributed by atoms with Crippen LogP contribution in [0.5, 0.6) is 11.5 Å². The van der Waals surface area contributed by atoms with Crippen molar-refractivity contribution < 1.29 is 18.7 Å². The van der Waals surface area contributed by atoms with Crippen molar-refractivity contribution in [1.82, 2.24) is 9.80 Å². The lowest BCUT2D eigenvalue weighted by molar-refractivity contribution is 0.0628. The van der Waals surface area contributed by atoms with E-state index in [9.17, 15) is 9.18 Å². The van der Waals surface area contributed by atoms with Gasteiger partial charge in [-0.05, 0) is 42.0 Å². The first-order chi connectivity index (χ1) is 12.2. The van der Waals surface area contributed by atoms with Crippen LogP contribution in [0.25, 0.3) is 0 Å². The zero-order valence-corrected chi connectivity index (χ0v) is 13.8.